The second-order valence-corrected chi connectivity index (χ2v) is 5.20. The third kappa shape index (κ3) is 2.98. The Kier molecular flexibility index (Phi) is 4.15. The summed E-state index contributed by atoms with van der Waals surface area (Å²) in [4.78, 5) is 0. The predicted octanol–water partition coefficient (Wildman–Crippen LogP) is 5.22. The van der Waals surface area contributed by atoms with Crippen LogP contribution in [0.15, 0.2) is 36.4 Å². The van der Waals surface area contributed by atoms with Crippen molar-refractivity contribution < 1.29 is 0 Å². The van der Waals surface area contributed by atoms with Gasteiger partial charge in [-0.2, -0.15) is 0 Å². The molecule has 2 rings (SSSR count). The van der Waals surface area contributed by atoms with Gasteiger partial charge in [0.1, 0.15) is 0 Å². The minimum atomic E-state index is 0.744. The Morgan fingerprint density at radius 3 is 2.44 bits per heavy atom. The van der Waals surface area contributed by atoms with Crippen LogP contribution in [0, 0.1) is 13.8 Å². The number of para-hydroxylation sites is 1. The first-order valence-electron chi connectivity index (χ1n) is 5.82. The maximum absolute atomic E-state index is 6.18. The van der Waals surface area contributed by atoms with Crippen LogP contribution in [0.2, 0.25) is 10.0 Å². The van der Waals surface area contributed by atoms with Crippen LogP contribution >= 0.6 is 23.2 Å². The highest BCUT2D eigenvalue weighted by atomic mass is 35.5. The topological polar surface area (TPSA) is 12.0 Å². The fourth-order valence-electron chi connectivity index (χ4n) is 1.90. The molecule has 0 spiro atoms. The summed E-state index contributed by atoms with van der Waals surface area (Å²) in [6, 6.07) is 11.8. The molecular weight excluding hydrogens is 265 g/mol. The molecule has 0 radical (unpaired) electrons. The quantitative estimate of drug-likeness (QED) is 0.812. The molecule has 2 aromatic rings. The molecule has 0 aliphatic heterocycles. The monoisotopic (exact) mass is 279 g/mol. The molecule has 0 saturated carbocycles. The molecule has 0 aliphatic rings. The van der Waals surface area contributed by atoms with E-state index in [1.807, 2.05) is 43.3 Å². The zero-order chi connectivity index (χ0) is 13.1. The van der Waals surface area contributed by atoms with Gasteiger partial charge < -0.3 is 5.32 Å². The third-order valence-corrected chi connectivity index (χ3v) is 3.53. The molecule has 2 aromatic carbocycles. The number of hydrogen-bond acceptors (Lipinski definition) is 1. The second kappa shape index (κ2) is 5.64. The van der Waals surface area contributed by atoms with E-state index in [4.69, 9.17) is 23.2 Å². The highest BCUT2D eigenvalue weighted by Gasteiger charge is 2.04. The summed E-state index contributed by atoms with van der Waals surface area (Å²) in [5.74, 6) is 0. The molecule has 0 aromatic heterocycles. The summed E-state index contributed by atoms with van der Waals surface area (Å²) >= 11 is 12.1. The zero-order valence-electron chi connectivity index (χ0n) is 10.4. The lowest BCUT2D eigenvalue weighted by atomic mass is 10.1. The number of benzene rings is 2. The normalized spacial score (nSPS) is 10.4. The molecule has 0 fully saturated rings. The van der Waals surface area contributed by atoms with E-state index in [2.05, 4.69) is 12.2 Å². The molecule has 0 aliphatic carbocycles. The van der Waals surface area contributed by atoms with E-state index >= 15 is 0 Å². The molecule has 0 bridgehead atoms. The maximum Gasteiger partial charge on any atom is 0.0640 e. The molecule has 0 atom stereocenters. The minimum Gasteiger partial charge on any atom is -0.380 e. The van der Waals surface area contributed by atoms with Gasteiger partial charge in [-0.25, -0.2) is 0 Å². The number of nitrogens with one attached hydrogen (secondary N) is 1. The average molecular weight is 280 g/mol. The van der Waals surface area contributed by atoms with Gasteiger partial charge in [0.15, 0.2) is 0 Å². The van der Waals surface area contributed by atoms with Crippen molar-refractivity contribution in [3.8, 4) is 0 Å². The lowest BCUT2D eigenvalue weighted by Gasteiger charge is -2.13. The van der Waals surface area contributed by atoms with Gasteiger partial charge in [0.2, 0.25) is 0 Å². The molecule has 0 heterocycles. The number of anilines is 1. The summed E-state index contributed by atoms with van der Waals surface area (Å²) < 4.78 is 0. The van der Waals surface area contributed by atoms with Gasteiger partial charge in [-0.1, -0.05) is 41.4 Å². The Bertz CT molecular complexity index is 544. The van der Waals surface area contributed by atoms with Crippen LogP contribution in [0.4, 0.5) is 5.69 Å². The highest BCUT2D eigenvalue weighted by molar-refractivity contribution is 6.33. The van der Waals surface area contributed by atoms with Gasteiger partial charge in [-0.15, -0.1) is 0 Å². The van der Waals surface area contributed by atoms with Crippen molar-refractivity contribution in [2.24, 2.45) is 0 Å². The van der Waals surface area contributed by atoms with Crippen LogP contribution < -0.4 is 5.32 Å². The summed E-state index contributed by atoms with van der Waals surface area (Å²) in [6.45, 7) is 4.85. The van der Waals surface area contributed by atoms with Crippen LogP contribution in [0.5, 0.6) is 0 Å². The lowest BCUT2D eigenvalue weighted by Crippen LogP contribution is -2.03. The Morgan fingerprint density at radius 1 is 1.00 bits per heavy atom. The first-order chi connectivity index (χ1) is 8.58. The van der Waals surface area contributed by atoms with Crippen LogP contribution in [0.3, 0.4) is 0 Å². The maximum atomic E-state index is 6.18. The van der Waals surface area contributed by atoms with Crippen molar-refractivity contribution in [2.75, 3.05) is 5.32 Å². The molecule has 0 saturated heterocycles. The van der Waals surface area contributed by atoms with Crippen LogP contribution in [-0.2, 0) is 6.54 Å². The number of halogens is 2. The minimum absolute atomic E-state index is 0.744. The Labute approximate surface area is 118 Å². The second-order valence-electron chi connectivity index (χ2n) is 4.36. The van der Waals surface area contributed by atoms with E-state index in [1.54, 1.807) is 0 Å². The molecule has 1 N–H and O–H groups in total. The van der Waals surface area contributed by atoms with Gasteiger partial charge in [0.25, 0.3) is 0 Å². The molecule has 94 valence electrons. The van der Waals surface area contributed by atoms with Crippen molar-refractivity contribution in [3.63, 3.8) is 0 Å². The van der Waals surface area contributed by atoms with E-state index < -0.39 is 0 Å². The molecule has 3 heteroatoms. The molecule has 0 amide bonds. The smallest absolute Gasteiger partial charge is 0.0640 e. The number of rotatable bonds is 3. The van der Waals surface area contributed by atoms with E-state index in [1.165, 1.54) is 11.1 Å². The van der Waals surface area contributed by atoms with Gasteiger partial charge >= 0.3 is 0 Å². The Morgan fingerprint density at radius 2 is 1.78 bits per heavy atom. The van der Waals surface area contributed by atoms with E-state index in [0.29, 0.717) is 0 Å². The largest absolute Gasteiger partial charge is 0.380 e. The van der Waals surface area contributed by atoms with Crippen LogP contribution in [-0.4, -0.2) is 0 Å². The first-order valence-corrected chi connectivity index (χ1v) is 6.57. The SMILES string of the molecule is Cc1cc(Cl)ccc1CNc1c(C)cccc1Cl. The van der Waals surface area contributed by atoms with Crippen LogP contribution in [0.25, 0.3) is 0 Å². The van der Waals surface area contributed by atoms with Crippen LogP contribution in [0.1, 0.15) is 16.7 Å². The van der Waals surface area contributed by atoms with Crippen molar-refractivity contribution in [2.45, 2.75) is 20.4 Å². The van der Waals surface area contributed by atoms with Crippen molar-refractivity contribution >= 4 is 28.9 Å². The highest BCUT2D eigenvalue weighted by Crippen LogP contribution is 2.26. The van der Waals surface area contributed by atoms with Crippen molar-refractivity contribution in [1.82, 2.24) is 0 Å². The average Bonchev–Trinajstić information content (AvgIpc) is 2.31. The number of hydrogen-bond donors (Lipinski definition) is 1. The Hall–Kier alpha value is -1.18. The van der Waals surface area contributed by atoms with Gasteiger partial charge in [0, 0.05) is 11.6 Å². The lowest BCUT2D eigenvalue weighted by molar-refractivity contribution is 1.11. The standard InChI is InChI=1S/C15H15Cl2N/c1-10-4-3-5-14(17)15(10)18-9-12-6-7-13(16)8-11(12)2/h3-8,18H,9H2,1-2H3. The fraction of sp³-hybridized carbons (Fsp3) is 0.200. The summed E-state index contributed by atoms with van der Waals surface area (Å²) in [6.07, 6.45) is 0. The van der Waals surface area contributed by atoms with E-state index in [0.717, 1.165) is 27.8 Å². The summed E-state index contributed by atoms with van der Waals surface area (Å²) in [7, 11) is 0. The van der Waals surface area contributed by atoms with Gasteiger partial charge in [0.05, 0.1) is 10.7 Å². The zero-order valence-corrected chi connectivity index (χ0v) is 11.9. The van der Waals surface area contributed by atoms with Gasteiger partial charge in [-0.05, 0) is 48.7 Å². The summed E-state index contributed by atoms with van der Waals surface area (Å²) in [5, 5.41) is 4.90. The molecule has 1 nitrogen and oxygen atoms in total. The predicted molar refractivity (Wildman–Crippen MR) is 79.7 cm³/mol. The van der Waals surface area contributed by atoms with Gasteiger partial charge in [-0.3, -0.25) is 0 Å². The summed E-state index contributed by atoms with van der Waals surface area (Å²) in [5.41, 5.74) is 4.54. The fourth-order valence-corrected chi connectivity index (χ4v) is 2.41. The van der Waals surface area contributed by atoms with Crippen molar-refractivity contribution in [1.29, 1.82) is 0 Å². The first kappa shape index (κ1) is 13.3. The Balaban J connectivity index is 2.16. The van der Waals surface area contributed by atoms with Crippen molar-refractivity contribution in [3.05, 3.63) is 63.1 Å². The van der Waals surface area contributed by atoms with E-state index in [-0.39, 0.29) is 0 Å². The third-order valence-electron chi connectivity index (χ3n) is 2.98. The van der Waals surface area contributed by atoms with E-state index in [9.17, 15) is 0 Å². The molecule has 0 unspecified atom stereocenters. The molecule has 18 heavy (non-hydrogen) atoms. The molecular formula is C15H15Cl2N. The number of aryl methyl sites for hydroxylation is 2.